The normalized spacial score (nSPS) is 23.0. The van der Waals surface area contributed by atoms with Crippen LogP contribution in [0.1, 0.15) is 361 Å². The topological polar surface area (TPSA) is 228 Å². The van der Waals surface area contributed by atoms with Crippen LogP contribution in [0.3, 0.4) is 0 Å². The molecule has 1 amide bonds. The summed E-state index contributed by atoms with van der Waals surface area (Å²) in [6, 6.07) is -0.930. The molecule has 2 rings (SSSR count). The van der Waals surface area contributed by atoms with E-state index in [1.165, 1.54) is 295 Å². The van der Waals surface area contributed by atoms with Crippen molar-refractivity contribution in [2.75, 3.05) is 19.8 Å². The minimum Gasteiger partial charge on any atom is -0.394 e. The fourth-order valence-corrected chi connectivity index (χ4v) is 13.0. The van der Waals surface area contributed by atoms with Gasteiger partial charge in [0, 0.05) is 6.42 Å². The van der Waals surface area contributed by atoms with E-state index in [1.54, 1.807) is 6.08 Å². The van der Waals surface area contributed by atoms with Crippen LogP contribution in [0.15, 0.2) is 24.3 Å². The zero-order chi connectivity index (χ0) is 65.2. The number of allylic oxidation sites excluding steroid dienone is 3. The fourth-order valence-electron chi connectivity index (χ4n) is 13.0. The number of ether oxygens (including phenoxy) is 4. The smallest absolute Gasteiger partial charge is 0.220 e. The molecule has 0 aromatic heterocycles. The van der Waals surface area contributed by atoms with E-state index in [2.05, 4.69) is 31.3 Å². The number of amides is 1. The Morgan fingerprint density at radius 2 is 0.711 bits per heavy atom. The summed E-state index contributed by atoms with van der Waals surface area (Å²) in [4.78, 5) is 13.4. The quantitative estimate of drug-likeness (QED) is 0.0204. The molecule has 0 saturated carbocycles. The minimum atomic E-state index is -1.79. The second kappa shape index (κ2) is 61.1. The van der Waals surface area contributed by atoms with E-state index in [0.29, 0.717) is 12.8 Å². The summed E-state index contributed by atoms with van der Waals surface area (Å²) < 4.78 is 22.9. The molecule has 2 aliphatic heterocycles. The Hall–Kier alpha value is -1.53. The van der Waals surface area contributed by atoms with Gasteiger partial charge in [0.05, 0.1) is 32.0 Å². The van der Waals surface area contributed by atoms with Crippen molar-refractivity contribution in [3.8, 4) is 0 Å². The van der Waals surface area contributed by atoms with Crippen LogP contribution in [0.4, 0.5) is 0 Å². The molecular weight excluding hydrogens is 1130 g/mol. The largest absolute Gasteiger partial charge is 0.394 e. The molecule has 90 heavy (non-hydrogen) atoms. The fraction of sp³-hybridized carbons (Fsp3) is 0.934. The number of nitrogens with one attached hydrogen (secondary N) is 1. The molecule has 0 bridgehead atoms. The Labute approximate surface area is 551 Å². The third-order valence-corrected chi connectivity index (χ3v) is 19.1. The van der Waals surface area contributed by atoms with Gasteiger partial charge in [-0.1, -0.05) is 346 Å². The molecule has 2 fully saturated rings. The van der Waals surface area contributed by atoms with Crippen LogP contribution in [0.5, 0.6) is 0 Å². The zero-order valence-electron chi connectivity index (χ0n) is 58.2. The lowest BCUT2D eigenvalue weighted by Crippen LogP contribution is -2.65. The Kier molecular flexibility index (Phi) is 57.4. The van der Waals surface area contributed by atoms with E-state index in [9.17, 15) is 45.6 Å². The van der Waals surface area contributed by atoms with Crippen molar-refractivity contribution in [1.29, 1.82) is 0 Å². The van der Waals surface area contributed by atoms with Crippen molar-refractivity contribution >= 4 is 5.91 Å². The molecule has 12 atom stereocenters. The third-order valence-electron chi connectivity index (χ3n) is 19.1. The van der Waals surface area contributed by atoms with Gasteiger partial charge in [0.25, 0.3) is 0 Å². The molecule has 2 saturated heterocycles. The highest BCUT2D eigenvalue weighted by molar-refractivity contribution is 5.76. The van der Waals surface area contributed by atoms with Gasteiger partial charge in [-0.15, -0.1) is 0 Å². The molecule has 0 aliphatic carbocycles. The molecular formula is C76H145NO13. The summed E-state index contributed by atoms with van der Waals surface area (Å²) in [6.45, 7) is 2.85. The highest BCUT2D eigenvalue weighted by atomic mass is 16.7. The second-order valence-electron chi connectivity index (χ2n) is 27.5. The number of aliphatic hydroxyl groups is 8. The van der Waals surface area contributed by atoms with Gasteiger partial charge in [-0.05, 0) is 32.1 Å². The summed E-state index contributed by atoms with van der Waals surface area (Å²) in [5.74, 6) is -0.240. The van der Waals surface area contributed by atoms with E-state index in [4.69, 9.17) is 18.9 Å². The van der Waals surface area contributed by atoms with Crippen molar-refractivity contribution in [2.24, 2.45) is 0 Å². The van der Waals surface area contributed by atoms with Crippen molar-refractivity contribution in [2.45, 2.75) is 434 Å². The third kappa shape index (κ3) is 44.3. The van der Waals surface area contributed by atoms with Gasteiger partial charge in [0.2, 0.25) is 5.91 Å². The molecule has 14 nitrogen and oxygen atoms in total. The van der Waals surface area contributed by atoms with Gasteiger partial charge in [0.1, 0.15) is 48.8 Å². The predicted molar refractivity (Wildman–Crippen MR) is 369 cm³/mol. The highest BCUT2D eigenvalue weighted by Crippen LogP contribution is 2.30. The molecule has 2 aliphatic rings. The SMILES string of the molecule is CCCCCCCCCCCCCCCCCCC/C=C/CC/C=C/C(O)C(COC1OC(CO)C(OC2OC(CO)C(O)C(O)C2O)C(O)C1O)NC(=O)CCCCCCCCCCCCCCCCCCCCCCCCCCCCCCCCCCC. The van der Waals surface area contributed by atoms with Gasteiger partial charge in [-0.2, -0.15) is 0 Å². The first kappa shape index (κ1) is 84.6. The maximum atomic E-state index is 13.4. The number of hydrogen-bond acceptors (Lipinski definition) is 13. The van der Waals surface area contributed by atoms with Gasteiger partial charge >= 0.3 is 0 Å². The number of aliphatic hydroxyl groups excluding tert-OH is 8. The summed E-state index contributed by atoms with van der Waals surface area (Å²) in [6.07, 6.45) is 61.2. The number of hydrogen-bond donors (Lipinski definition) is 9. The molecule has 9 N–H and O–H groups in total. The van der Waals surface area contributed by atoms with Gasteiger partial charge < -0.3 is 65.1 Å². The lowest BCUT2D eigenvalue weighted by Gasteiger charge is -2.46. The first-order valence-corrected chi connectivity index (χ1v) is 38.6. The lowest BCUT2D eigenvalue weighted by atomic mass is 9.97. The van der Waals surface area contributed by atoms with E-state index in [1.807, 2.05) is 6.08 Å². The van der Waals surface area contributed by atoms with Crippen LogP contribution in [0, 0.1) is 0 Å². The van der Waals surface area contributed by atoms with Crippen molar-refractivity contribution in [3.05, 3.63) is 24.3 Å². The van der Waals surface area contributed by atoms with E-state index in [0.717, 1.165) is 32.1 Å². The average Bonchev–Trinajstić information content (AvgIpc) is 1.29. The van der Waals surface area contributed by atoms with Crippen LogP contribution in [0.2, 0.25) is 0 Å². The average molecular weight is 1280 g/mol. The molecule has 12 unspecified atom stereocenters. The summed E-state index contributed by atoms with van der Waals surface area (Å²) >= 11 is 0. The Balaban J connectivity index is 1.63. The second-order valence-corrected chi connectivity index (χ2v) is 27.5. The molecule has 0 aromatic carbocycles. The van der Waals surface area contributed by atoms with Crippen LogP contribution in [-0.2, 0) is 23.7 Å². The highest BCUT2D eigenvalue weighted by Gasteiger charge is 2.51. The summed E-state index contributed by atoms with van der Waals surface area (Å²) in [5.41, 5.74) is 0. The van der Waals surface area contributed by atoms with Crippen molar-refractivity contribution in [3.63, 3.8) is 0 Å². The summed E-state index contributed by atoms with van der Waals surface area (Å²) in [7, 11) is 0. The van der Waals surface area contributed by atoms with Gasteiger partial charge in [-0.25, -0.2) is 0 Å². The molecule has 532 valence electrons. The van der Waals surface area contributed by atoms with Crippen LogP contribution in [0.25, 0.3) is 0 Å². The number of carbonyl (C=O) groups is 1. The van der Waals surface area contributed by atoms with Gasteiger partial charge in [-0.3, -0.25) is 4.79 Å². The first-order chi connectivity index (χ1) is 44.1. The monoisotopic (exact) mass is 1280 g/mol. The molecule has 0 aromatic rings. The number of rotatable bonds is 65. The summed E-state index contributed by atoms with van der Waals surface area (Å²) in [5, 5.41) is 87.5. The van der Waals surface area contributed by atoms with Gasteiger partial charge in [0.15, 0.2) is 12.6 Å². The Bertz CT molecular complexity index is 1600. The van der Waals surface area contributed by atoms with Crippen molar-refractivity contribution < 1.29 is 64.6 Å². The predicted octanol–water partition coefficient (Wildman–Crippen LogP) is 16.7. The minimum absolute atomic E-state index is 0.240. The van der Waals surface area contributed by atoms with Crippen LogP contribution < -0.4 is 5.32 Å². The van der Waals surface area contributed by atoms with E-state index >= 15 is 0 Å². The Morgan fingerprint density at radius 3 is 1.09 bits per heavy atom. The molecule has 0 radical (unpaired) electrons. The molecule has 0 spiro atoms. The van der Waals surface area contributed by atoms with Crippen LogP contribution in [-0.4, -0.2) is 140 Å². The zero-order valence-corrected chi connectivity index (χ0v) is 58.2. The number of carbonyl (C=O) groups excluding carboxylic acids is 1. The van der Waals surface area contributed by atoms with E-state index < -0.39 is 86.8 Å². The van der Waals surface area contributed by atoms with Crippen LogP contribution >= 0.6 is 0 Å². The Morgan fingerprint density at radius 1 is 0.389 bits per heavy atom. The molecule has 2 heterocycles. The first-order valence-electron chi connectivity index (χ1n) is 38.6. The maximum Gasteiger partial charge on any atom is 0.220 e. The maximum absolute atomic E-state index is 13.4. The van der Waals surface area contributed by atoms with Crippen molar-refractivity contribution in [1.82, 2.24) is 5.32 Å². The molecule has 14 heteroatoms. The van der Waals surface area contributed by atoms with E-state index in [-0.39, 0.29) is 18.9 Å². The number of unbranched alkanes of at least 4 members (excludes halogenated alkanes) is 50. The lowest BCUT2D eigenvalue weighted by molar-refractivity contribution is -0.359. The standard InChI is InChI=1S/C76H145NO13/c1-3-5-7-9-11-13-15-17-19-21-23-25-27-28-29-30-31-32-33-34-35-36-38-40-42-44-46-48-50-52-54-56-58-60-68(81)77-64(63-87-75-73(86)71(84)74(67(62-79)89-75)90-76-72(85)70(83)69(82)66(61-78)88-76)65(80)59-57-55-53-51-49-47-45-43-41-39-37-26-24-22-20-18-16-14-12-10-8-6-4-2/h49,51,57,59,64-67,69-76,78-80,82-86H,3-48,50,52-56,58,60-63H2,1-2H3,(H,77,81)/b51-49+,59-57+.